The fourth-order valence-electron chi connectivity index (χ4n) is 3.49. The number of nitrogen functional groups attached to an aromatic ring is 1. The van der Waals surface area contributed by atoms with Crippen LogP contribution in [0.4, 0.5) is 17.3 Å². The number of para-hydroxylation sites is 2. The summed E-state index contributed by atoms with van der Waals surface area (Å²) in [5.74, 6) is 1.18. The molecule has 0 saturated heterocycles. The number of thiazole rings is 2. The lowest BCUT2D eigenvalue weighted by Crippen LogP contribution is -2.01. The van der Waals surface area contributed by atoms with Crippen LogP contribution in [0.5, 0.6) is 10.9 Å². The first-order valence-corrected chi connectivity index (χ1v) is 11.9. The molecule has 0 spiro atoms. The molecular weight excluding hydrogens is 466 g/mol. The summed E-state index contributed by atoms with van der Waals surface area (Å²) in [6, 6.07) is 25.2. The summed E-state index contributed by atoms with van der Waals surface area (Å²) in [6.07, 6.45) is 0. The molecule has 0 aliphatic rings. The van der Waals surface area contributed by atoms with Gasteiger partial charge < -0.3 is 15.8 Å². The highest BCUT2D eigenvalue weighted by molar-refractivity contribution is 7.21. The lowest BCUT2D eigenvalue weighted by Gasteiger charge is -2.06. The van der Waals surface area contributed by atoms with Crippen LogP contribution in [-0.4, -0.2) is 19.7 Å². The topological polar surface area (TPSA) is 115 Å². The predicted molar refractivity (Wildman–Crippen MR) is 135 cm³/mol. The summed E-state index contributed by atoms with van der Waals surface area (Å²) in [5, 5.41) is 18.6. The molecule has 0 fully saturated rings. The fraction of sp³-hybridized carbons (Fsp3) is 0. The van der Waals surface area contributed by atoms with E-state index in [0.29, 0.717) is 27.6 Å². The normalized spacial score (nSPS) is 11.0. The van der Waals surface area contributed by atoms with E-state index in [9.17, 15) is 5.26 Å². The van der Waals surface area contributed by atoms with Crippen LogP contribution < -0.4 is 15.8 Å². The maximum Gasteiger partial charge on any atom is 0.279 e. The van der Waals surface area contributed by atoms with E-state index in [2.05, 4.69) is 26.5 Å². The van der Waals surface area contributed by atoms with Gasteiger partial charge in [0.05, 0.1) is 20.4 Å². The monoisotopic (exact) mass is 481 g/mol. The average molecular weight is 482 g/mol. The maximum absolute atomic E-state index is 9.72. The molecule has 3 N–H and O–H groups in total. The van der Waals surface area contributed by atoms with E-state index >= 15 is 0 Å². The van der Waals surface area contributed by atoms with Gasteiger partial charge in [-0.1, -0.05) is 53.0 Å². The minimum Gasteiger partial charge on any atom is -0.431 e. The highest BCUT2D eigenvalue weighted by Gasteiger charge is 2.19. The van der Waals surface area contributed by atoms with Gasteiger partial charge in [-0.25, -0.2) is 9.97 Å². The molecule has 8 nitrogen and oxygen atoms in total. The van der Waals surface area contributed by atoms with Crippen LogP contribution in [0.25, 0.3) is 25.6 Å². The van der Waals surface area contributed by atoms with Crippen molar-refractivity contribution in [3.8, 4) is 22.1 Å². The van der Waals surface area contributed by atoms with E-state index in [-0.39, 0.29) is 11.4 Å². The molecule has 0 unspecified atom stereocenters. The molecule has 0 radical (unpaired) electrons. The summed E-state index contributed by atoms with van der Waals surface area (Å²) >= 11 is 2.93. The van der Waals surface area contributed by atoms with E-state index < -0.39 is 0 Å². The summed E-state index contributed by atoms with van der Waals surface area (Å²) in [5.41, 5.74) is 8.96. The number of hydrogen-bond donors (Lipinski definition) is 2. The van der Waals surface area contributed by atoms with E-state index in [0.717, 1.165) is 20.4 Å². The highest BCUT2D eigenvalue weighted by Crippen LogP contribution is 2.34. The number of nitriles is 1. The second kappa shape index (κ2) is 8.15. The molecule has 3 heterocycles. The van der Waals surface area contributed by atoms with Crippen molar-refractivity contribution in [2.75, 3.05) is 11.1 Å². The number of nitrogens with one attached hydrogen (secondary N) is 1. The molecule has 3 aromatic carbocycles. The van der Waals surface area contributed by atoms with E-state index in [1.165, 1.54) is 27.4 Å². The number of benzene rings is 3. The quantitative estimate of drug-likeness (QED) is 0.306. The summed E-state index contributed by atoms with van der Waals surface area (Å²) < 4.78 is 9.54. The molecule has 0 aliphatic heterocycles. The van der Waals surface area contributed by atoms with E-state index in [1.54, 1.807) is 0 Å². The summed E-state index contributed by atoms with van der Waals surface area (Å²) in [4.78, 5) is 9.10. The van der Waals surface area contributed by atoms with Crippen molar-refractivity contribution in [3.05, 3.63) is 78.4 Å². The zero-order valence-corrected chi connectivity index (χ0v) is 19.1. The molecule has 0 saturated carbocycles. The molecule has 0 bridgehead atoms. The van der Waals surface area contributed by atoms with Crippen LogP contribution in [0.3, 0.4) is 0 Å². The van der Waals surface area contributed by atoms with E-state index in [4.69, 9.17) is 10.5 Å². The van der Waals surface area contributed by atoms with Crippen LogP contribution in [0.1, 0.15) is 5.56 Å². The third-order valence-electron chi connectivity index (χ3n) is 5.07. The number of hydrogen-bond acceptors (Lipinski definition) is 9. The van der Waals surface area contributed by atoms with Crippen molar-refractivity contribution < 1.29 is 4.74 Å². The number of nitrogens with two attached hydrogens (primary N) is 1. The second-order valence-electron chi connectivity index (χ2n) is 7.30. The van der Waals surface area contributed by atoms with Gasteiger partial charge in [-0.15, -0.1) is 5.10 Å². The summed E-state index contributed by atoms with van der Waals surface area (Å²) in [6.45, 7) is 0. The van der Waals surface area contributed by atoms with Crippen molar-refractivity contribution in [1.82, 2.24) is 19.7 Å². The van der Waals surface area contributed by atoms with Gasteiger partial charge in [0.1, 0.15) is 23.2 Å². The lowest BCUT2D eigenvalue weighted by atomic mass is 10.2. The number of ether oxygens (including phenoxy) is 1. The molecule has 0 atom stereocenters. The van der Waals surface area contributed by atoms with Gasteiger partial charge in [0.25, 0.3) is 5.19 Å². The molecule has 6 aromatic rings. The molecule has 0 aliphatic carbocycles. The first-order chi connectivity index (χ1) is 16.7. The van der Waals surface area contributed by atoms with Crippen LogP contribution in [0.2, 0.25) is 0 Å². The Morgan fingerprint density at radius 2 is 1.65 bits per heavy atom. The predicted octanol–water partition coefficient (Wildman–Crippen LogP) is 6.08. The Morgan fingerprint density at radius 1 is 0.912 bits per heavy atom. The lowest BCUT2D eigenvalue weighted by molar-refractivity contribution is 0.480. The second-order valence-corrected chi connectivity index (χ2v) is 9.30. The first-order valence-electron chi connectivity index (χ1n) is 10.2. The maximum atomic E-state index is 9.72. The van der Waals surface area contributed by atoms with Crippen molar-refractivity contribution in [2.45, 2.75) is 0 Å². The SMILES string of the molecule is N#Cc1c(Nc2cccc(Oc3nc4ccccc4s3)c2)nn(-c2nc3ccccc3s2)c1N. The van der Waals surface area contributed by atoms with Crippen LogP contribution in [0.15, 0.2) is 72.8 Å². The highest BCUT2D eigenvalue weighted by atomic mass is 32.1. The number of fused-ring (bicyclic) bond motifs is 2. The van der Waals surface area contributed by atoms with Gasteiger partial charge >= 0.3 is 0 Å². The molecule has 3 aromatic heterocycles. The van der Waals surface area contributed by atoms with Crippen molar-refractivity contribution in [1.29, 1.82) is 5.26 Å². The Labute approximate surface area is 201 Å². The molecule has 10 heteroatoms. The number of nitrogens with zero attached hydrogens (tertiary/aromatic N) is 5. The van der Waals surface area contributed by atoms with Gasteiger partial charge in [0, 0.05) is 11.8 Å². The van der Waals surface area contributed by atoms with Crippen LogP contribution in [-0.2, 0) is 0 Å². The van der Waals surface area contributed by atoms with Gasteiger partial charge in [-0.05, 0) is 36.4 Å². The third-order valence-corrected chi connectivity index (χ3v) is 7.00. The zero-order chi connectivity index (χ0) is 23.1. The van der Waals surface area contributed by atoms with Gasteiger partial charge in [0.2, 0.25) is 5.13 Å². The minimum absolute atomic E-state index is 0.228. The largest absolute Gasteiger partial charge is 0.431 e. The van der Waals surface area contributed by atoms with Gasteiger partial charge in [-0.3, -0.25) is 0 Å². The standard InChI is InChI=1S/C24H15N7OS2/c25-13-16-21(26)31(23-28-17-8-1-3-10-19(17)33-23)30-22(16)27-14-6-5-7-15(12-14)32-24-29-18-9-2-4-11-20(18)34-24/h1-12H,26H2,(H,27,30). The number of rotatable bonds is 5. The molecule has 164 valence electrons. The zero-order valence-electron chi connectivity index (χ0n) is 17.5. The Bertz CT molecular complexity index is 1640. The summed E-state index contributed by atoms with van der Waals surface area (Å²) in [7, 11) is 0. The smallest absolute Gasteiger partial charge is 0.279 e. The fourth-order valence-corrected chi connectivity index (χ4v) is 5.26. The average Bonchev–Trinajstić information content (AvgIpc) is 3.53. The van der Waals surface area contributed by atoms with Crippen molar-refractivity contribution in [2.24, 2.45) is 0 Å². The van der Waals surface area contributed by atoms with Crippen LogP contribution >= 0.6 is 22.7 Å². The Kier molecular flexibility index (Phi) is 4.83. The number of aromatic nitrogens is 4. The molecule has 34 heavy (non-hydrogen) atoms. The van der Waals surface area contributed by atoms with E-state index in [1.807, 2.05) is 72.8 Å². The van der Waals surface area contributed by atoms with Gasteiger partial charge in [0.15, 0.2) is 5.82 Å². The minimum atomic E-state index is 0.228. The molecule has 0 amide bonds. The molecular formula is C24H15N7OS2. The van der Waals surface area contributed by atoms with Crippen LogP contribution in [0, 0.1) is 11.3 Å². The number of anilines is 3. The Morgan fingerprint density at radius 3 is 2.38 bits per heavy atom. The van der Waals surface area contributed by atoms with Gasteiger partial charge in [-0.2, -0.15) is 9.94 Å². The third kappa shape index (κ3) is 3.59. The van der Waals surface area contributed by atoms with Crippen molar-refractivity contribution >= 4 is 60.4 Å². The molecule has 6 rings (SSSR count). The van der Waals surface area contributed by atoms with Crippen molar-refractivity contribution in [3.63, 3.8) is 0 Å². The first kappa shape index (κ1) is 20.2. The Balaban J connectivity index is 1.30. The Hall–Kier alpha value is -4.46.